The Balaban J connectivity index is 1.09. The minimum absolute atomic E-state index is 0.00154. The van der Waals surface area contributed by atoms with Crippen molar-refractivity contribution in [3.63, 3.8) is 0 Å². The molecule has 12 atom stereocenters. The SMILES string of the molecule is C=C(C)[C@@H]1CC[C@]2(COC(=O)C(CC)[n+]3ccc(N(C)C)cc3)CC[C@]3(C)C(CCC4[C@@]5(C)CC[C@H](OC(=O)C(CC)[n+]6ccc(N(C)C)cc6)C(C)(C)C5CC[C@]43C)C12. The van der Waals surface area contributed by atoms with E-state index >= 15 is 0 Å². The van der Waals surface area contributed by atoms with Crippen molar-refractivity contribution in [2.24, 2.45) is 56.7 Å². The molecule has 6 unspecified atom stereocenters. The molecule has 8 heteroatoms. The first-order valence-electron chi connectivity index (χ1n) is 23.7. The van der Waals surface area contributed by atoms with Crippen molar-refractivity contribution < 1.29 is 28.2 Å². The molecule has 0 spiro atoms. The second-order valence-electron chi connectivity index (χ2n) is 22.1. The number of ether oxygens (including phenoxy) is 2. The number of fused-ring (bicyclic) bond motifs is 7. The molecule has 0 radical (unpaired) electrons. The summed E-state index contributed by atoms with van der Waals surface area (Å²) in [5.74, 6) is 2.42. The molecule has 2 aromatic heterocycles. The molecule has 0 bridgehead atoms. The average Bonchev–Trinajstić information content (AvgIpc) is 3.60. The van der Waals surface area contributed by atoms with Gasteiger partial charge in [0.05, 0.1) is 6.61 Å². The van der Waals surface area contributed by atoms with Crippen LogP contribution in [0.25, 0.3) is 0 Å². The summed E-state index contributed by atoms with van der Waals surface area (Å²) >= 11 is 0. The lowest BCUT2D eigenvalue weighted by Gasteiger charge is -2.73. The molecule has 2 aromatic rings. The van der Waals surface area contributed by atoms with Crippen molar-refractivity contribution in [3.05, 3.63) is 61.2 Å². The molecule has 0 aliphatic heterocycles. The fourth-order valence-corrected chi connectivity index (χ4v) is 15.1. The second-order valence-corrected chi connectivity index (χ2v) is 22.1. The van der Waals surface area contributed by atoms with Crippen LogP contribution >= 0.6 is 0 Å². The van der Waals surface area contributed by atoms with E-state index in [-0.39, 0.29) is 57.2 Å². The number of hydrogen-bond donors (Lipinski definition) is 0. The van der Waals surface area contributed by atoms with E-state index in [1.165, 1.54) is 37.7 Å². The highest BCUT2D eigenvalue weighted by atomic mass is 16.5. The zero-order chi connectivity index (χ0) is 43.6. The van der Waals surface area contributed by atoms with Crippen LogP contribution < -0.4 is 18.9 Å². The molecule has 2 heterocycles. The summed E-state index contributed by atoms with van der Waals surface area (Å²) in [6.07, 6.45) is 20.8. The van der Waals surface area contributed by atoms with E-state index in [0.717, 1.165) is 43.5 Å². The Hall–Kier alpha value is -3.42. The summed E-state index contributed by atoms with van der Waals surface area (Å²) in [5.41, 5.74) is 4.00. The van der Waals surface area contributed by atoms with Gasteiger partial charge in [0.15, 0.2) is 24.8 Å². The van der Waals surface area contributed by atoms with E-state index in [0.29, 0.717) is 49.0 Å². The van der Waals surface area contributed by atoms with Crippen LogP contribution in [0.15, 0.2) is 61.2 Å². The fourth-order valence-electron chi connectivity index (χ4n) is 15.1. The topological polar surface area (TPSA) is 66.8 Å². The van der Waals surface area contributed by atoms with Crippen molar-refractivity contribution in [1.82, 2.24) is 0 Å². The Bertz CT molecular complexity index is 1890. The Labute approximate surface area is 363 Å². The van der Waals surface area contributed by atoms with E-state index in [4.69, 9.17) is 9.47 Å². The minimum Gasteiger partial charge on any atom is -0.460 e. The van der Waals surface area contributed by atoms with Gasteiger partial charge in [0.2, 0.25) is 0 Å². The molecular weight excluding hydrogens is 745 g/mol. The maximum absolute atomic E-state index is 14.0. The fraction of sp³-hybridized carbons (Fsp3) is 0.731. The van der Waals surface area contributed by atoms with Crippen LogP contribution in [-0.2, 0) is 19.1 Å². The van der Waals surface area contributed by atoms with Crippen molar-refractivity contribution in [3.8, 4) is 0 Å². The van der Waals surface area contributed by atoms with Gasteiger partial charge in [-0.25, -0.2) is 9.59 Å². The standard InChI is InChI=1S/C52H80N4O4/c1-14-40(55-30-21-36(22-31-55)53(10)11)46(57)59-34-52-27-18-38(35(3)4)45(52)39-16-17-43-49(7)25-20-44(48(5,6)42(49)19-26-51(43,9)50(39,8)28-29-52)60-47(58)41(15-2)56-32-23-37(24-33-56)54(12)13/h21-24,30-33,38-45H,3,14-20,25-29,34H2,1-2,4-13H3/q+2/t38-,39?,40?,41?,42?,43?,44-,45?,49-,50+,51+,52+/m0/s1. The molecule has 0 amide bonds. The van der Waals surface area contributed by atoms with Gasteiger partial charge in [0.25, 0.3) is 12.1 Å². The number of pyridine rings is 2. The third-order valence-electron chi connectivity index (χ3n) is 18.7. The number of carbonyl (C=O) groups is 2. The molecule has 0 N–H and O–H groups in total. The largest absolute Gasteiger partial charge is 0.460 e. The van der Waals surface area contributed by atoms with Gasteiger partial charge in [-0.05, 0) is 117 Å². The number of carbonyl (C=O) groups excluding carboxylic acids is 2. The molecule has 0 saturated heterocycles. The van der Waals surface area contributed by atoms with Crippen LogP contribution in [0.3, 0.4) is 0 Å². The molecule has 5 fully saturated rings. The van der Waals surface area contributed by atoms with Gasteiger partial charge < -0.3 is 19.3 Å². The summed E-state index contributed by atoms with van der Waals surface area (Å²) in [6, 6.07) is 7.62. The quantitative estimate of drug-likeness (QED) is 0.121. The lowest BCUT2D eigenvalue weighted by atomic mass is 9.32. The van der Waals surface area contributed by atoms with Gasteiger partial charge in [-0.15, -0.1) is 0 Å². The highest BCUT2D eigenvalue weighted by Gasteiger charge is 2.71. The summed E-state index contributed by atoms with van der Waals surface area (Å²) in [7, 11) is 8.15. The molecule has 8 nitrogen and oxygen atoms in total. The lowest BCUT2D eigenvalue weighted by molar-refractivity contribution is -0.711. The number of rotatable bonds is 12. The first-order valence-corrected chi connectivity index (χ1v) is 23.7. The zero-order valence-corrected chi connectivity index (χ0v) is 39.6. The molecule has 60 heavy (non-hydrogen) atoms. The first kappa shape index (κ1) is 44.6. The Kier molecular flexibility index (Phi) is 12.2. The van der Waals surface area contributed by atoms with Crippen LogP contribution in [0.4, 0.5) is 11.4 Å². The summed E-state index contributed by atoms with van der Waals surface area (Å²) < 4.78 is 17.2. The molecule has 7 rings (SSSR count). The highest BCUT2D eigenvalue weighted by Crippen LogP contribution is 2.77. The molecule has 5 saturated carbocycles. The number of allylic oxidation sites excluding steroid dienone is 1. The summed E-state index contributed by atoms with van der Waals surface area (Å²) in [5, 5.41) is 0. The van der Waals surface area contributed by atoms with Gasteiger partial charge in [-0.2, -0.15) is 9.13 Å². The number of esters is 2. The first-order chi connectivity index (χ1) is 28.3. The van der Waals surface area contributed by atoms with Crippen LogP contribution in [0, 0.1) is 56.7 Å². The number of hydrogen-bond acceptors (Lipinski definition) is 6. The lowest BCUT2D eigenvalue weighted by Crippen LogP contribution is -2.67. The van der Waals surface area contributed by atoms with Crippen molar-refractivity contribution in [2.45, 2.75) is 151 Å². The Morgan fingerprint density at radius 3 is 1.82 bits per heavy atom. The number of aromatic nitrogens is 2. The van der Waals surface area contributed by atoms with Gasteiger partial charge in [-0.1, -0.05) is 60.6 Å². The van der Waals surface area contributed by atoms with Crippen LogP contribution in [0.5, 0.6) is 0 Å². The normalized spacial score (nSPS) is 36.3. The summed E-state index contributed by atoms with van der Waals surface area (Å²) in [4.78, 5) is 32.1. The molecule has 330 valence electrons. The zero-order valence-electron chi connectivity index (χ0n) is 39.6. The van der Waals surface area contributed by atoms with Gasteiger partial charge >= 0.3 is 11.9 Å². The van der Waals surface area contributed by atoms with E-state index in [1.807, 2.05) is 62.1 Å². The third-order valence-corrected chi connectivity index (χ3v) is 18.7. The molecule has 0 aromatic carbocycles. The third kappa shape index (κ3) is 7.19. The summed E-state index contributed by atoms with van der Waals surface area (Å²) in [6.45, 7) is 24.4. The van der Waals surface area contributed by atoms with E-state index in [2.05, 4.69) is 96.0 Å². The predicted molar refractivity (Wildman–Crippen MR) is 240 cm³/mol. The number of anilines is 2. The van der Waals surface area contributed by atoms with Crippen molar-refractivity contribution in [2.75, 3.05) is 44.6 Å². The van der Waals surface area contributed by atoms with E-state index in [9.17, 15) is 9.59 Å². The van der Waals surface area contributed by atoms with Crippen molar-refractivity contribution >= 4 is 23.3 Å². The maximum Gasteiger partial charge on any atom is 0.376 e. The minimum atomic E-state index is -0.330. The monoisotopic (exact) mass is 825 g/mol. The van der Waals surface area contributed by atoms with Crippen LogP contribution in [0.1, 0.15) is 145 Å². The van der Waals surface area contributed by atoms with Crippen molar-refractivity contribution in [1.29, 1.82) is 0 Å². The highest BCUT2D eigenvalue weighted by molar-refractivity contribution is 5.73. The number of nitrogens with zero attached hydrogens (tertiary/aromatic N) is 4. The van der Waals surface area contributed by atoms with E-state index < -0.39 is 0 Å². The van der Waals surface area contributed by atoms with Crippen LogP contribution in [-0.4, -0.2) is 52.8 Å². The predicted octanol–water partition coefficient (Wildman–Crippen LogP) is 10.1. The molecule has 5 aliphatic carbocycles. The maximum atomic E-state index is 14.0. The van der Waals surface area contributed by atoms with Crippen LogP contribution in [0.2, 0.25) is 0 Å². The van der Waals surface area contributed by atoms with Gasteiger partial charge in [-0.3, -0.25) is 0 Å². The molecular formula is C52H80N4O4+2. The molecule has 5 aliphatic rings. The van der Waals surface area contributed by atoms with Gasteiger partial charge in [0.1, 0.15) is 6.10 Å². The average molecular weight is 825 g/mol. The Morgan fingerprint density at radius 1 is 0.717 bits per heavy atom. The van der Waals surface area contributed by atoms with Gasteiger partial charge in [0, 0.05) is 87.5 Å². The Morgan fingerprint density at radius 2 is 1.28 bits per heavy atom. The van der Waals surface area contributed by atoms with E-state index in [1.54, 1.807) is 0 Å². The smallest absolute Gasteiger partial charge is 0.376 e. The second kappa shape index (κ2) is 16.4.